The van der Waals surface area contributed by atoms with Crippen molar-refractivity contribution in [2.45, 2.75) is 33.5 Å². The lowest BCUT2D eigenvalue weighted by Gasteiger charge is -2.11. The van der Waals surface area contributed by atoms with Crippen LogP contribution in [0.3, 0.4) is 0 Å². The maximum atomic E-state index is 5.12. The second-order valence-electron chi connectivity index (χ2n) is 5.28. The van der Waals surface area contributed by atoms with Crippen LogP contribution in [0.2, 0.25) is 0 Å². The van der Waals surface area contributed by atoms with E-state index in [2.05, 4.69) is 51.8 Å². The molecule has 0 aliphatic rings. The van der Waals surface area contributed by atoms with Gasteiger partial charge in [-0.05, 0) is 25.0 Å². The molecular weight excluding hydrogens is 435 g/mol. The Morgan fingerprint density at radius 1 is 1.12 bits per heavy atom. The first-order valence-electron chi connectivity index (χ1n) is 7.56. The predicted octanol–water partition coefficient (Wildman–Crippen LogP) is 3.39. The fraction of sp³-hybridized carbons (Fsp3) is 0.412. The normalized spacial score (nSPS) is 11.1. The molecule has 0 aliphatic carbocycles. The van der Waals surface area contributed by atoms with Crippen molar-refractivity contribution >= 4 is 41.3 Å². The zero-order valence-electron chi connectivity index (χ0n) is 14.5. The molecule has 2 N–H and O–H groups in total. The SMILES string of the molecule is CN=C(NCc1ccc(COC)cc1)NCc1nc(C)c(C)s1.I. The van der Waals surface area contributed by atoms with Gasteiger partial charge in [0, 0.05) is 25.6 Å². The van der Waals surface area contributed by atoms with E-state index in [0.717, 1.165) is 23.2 Å². The monoisotopic (exact) mass is 460 g/mol. The van der Waals surface area contributed by atoms with Gasteiger partial charge in [-0.2, -0.15) is 0 Å². The number of aliphatic imine (C=N–C) groups is 1. The highest BCUT2D eigenvalue weighted by molar-refractivity contribution is 14.0. The van der Waals surface area contributed by atoms with Crippen molar-refractivity contribution in [3.63, 3.8) is 0 Å². The number of rotatable bonds is 6. The van der Waals surface area contributed by atoms with E-state index in [1.807, 2.05) is 6.92 Å². The first kappa shape index (κ1) is 20.9. The van der Waals surface area contributed by atoms with Gasteiger partial charge in [0.25, 0.3) is 0 Å². The van der Waals surface area contributed by atoms with Crippen molar-refractivity contribution in [2.24, 2.45) is 4.99 Å². The number of nitrogens with one attached hydrogen (secondary N) is 2. The molecule has 0 saturated carbocycles. The van der Waals surface area contributed by atoms with E-state index in [-0.39, 0.29) is 24.0 Å². The number of thiazole rings is 1. The maximum absolute atomic E-state index is 5.12. The second kappa shape index (κ2) is 10.6. The van der Waals surface area contributed by atoms with Crippen LogP contribution in [0.4, 0.5) is 0 Å². The number of benzene rings is 1. The Morgan fingerprint density at radius 3 is 2.29 bits per heavy atom. The molecule has 0 amide bonds. The Balaban J connectivity index is 0.00000288. The fourth-order valence-corrected chi connectivity index (χ4v) is 2.97. The van der Waals surface area contributed by atoms with Crippen molar-refractivity contribution < 1.29 is 4.74 Å². The van der Waals surface area contributed by atoms with Gasteiger partial charge in [-0.3, -0.25) is 4.99 Å². The quantitative estimate of drug-likeness (QED) is 0.394. The van der Waals surface area contributed by atoms with Gasteiger partial charge < -0.3 is 15.4 Å². The van der Waals surface area contributed by atoms with Crippen LogP contribution in [0.1, 0.15) is 26.7 Å². The number of aryl methyl sites for hydroxylation is 2. The van der Waals surface area contributed by atoms with Gasteiger partial charge in [0.05, 0.1) is 18.8 Å². The lowest BCUT2D eigenvalue weighted by atomic mass is 10.1. The molecule has 1 heterocycles. The lowest BCUT2D eigenvalue weighted by Crippen LogP contribution is -2.36. The molecule has 7 heteroatoms. The van der Waals surface area contributed by atoms with Crippen LogP contribution in [0.25, 0.3) is 0 Å². The third kappa shape index (κ3) is 6.37. The third-order valence-electron chi connectivity index (χ3n) is 3.50. The molecule has 0 bridgehead atoms. The zero-order chi connectivity index (χ0) is 16.7. The topological polar surface area (TPSA) is 58.5 Å². The Morgan fingerprint density at radius 2 is 1.75 bits per heavy atom. The summed E-state index contributed by atoms with van der Waals surface area (Å²) in [5.41, 5.74) is 3.48. The van der Waals surface area contributed by atoms with Gasteiger partial charge in [0.2, 0.25) is 0 Å². The molecule has 1 aromatic carbocycles. The number of nitrogens with zero attached hydrogens (tertiary/aromatic N) is 2. The molecule has 2 rings (SSSR count). The summed E-state index contributed by atoms with van der Waals surface area (Å²) in [7, 11) is 3.48. The summed E-state index contributed by atoms with van der Waals surface area (Å²) >= 11 is 1.72. The highest BCUT2D eigenvalue weighted by atomic mass is 127. The lowest BCUT2D eigenvalue weighted by molar-refractivity contribution is 0.185. The summed E-state index contributed by atoms with van der Waals surface area (Å²) in [5, 5.41) is 7.68. The smallest absolute Gasteiger partial charge is 0.191 e. The van der Waals surface area contributed by atoms with E-state index < -0.39 is 0 Å². The number of methoxy groups -OCH3 is 1. The van der Waals surface area contributed by atoms with E-state index in [4.69, 9.17) is 4.74 Å². The summed E-state index contributed by atoms with van der Waals surface area (Å²) in [6.45, 7) is 6.19. The van der Waals surface area contributed by atoms with Gasteiger partial charge in [0.15, 0.2) is 5.96 Å². The fourth-order valence-electron chi connectivity index (χ4n) is 2.10. The standard InChI is InChI=1S/C17H24N4OS.HI/c1-12-13(2)23-16(21-12)10-20-17(18-3)19-9-14-5-7-15(8-6-14)11-22-4;/h5-8H,9-11H2,1-4H3,(H2,18,19,20);1H. The minimum absolute atomic E-state index is 0. The average molecular weight is 460 g/mol. The molecule has 0 saturated heterocycles. The number of hydrogen-bond acceptors (Lipinski definition) is 4. The molecule has 0 fully saturated rings. The van der Waals surface area contributed by atoms with Crippen molar-refractivity contribution in [1.29, 1.82) is 0 Å². The molecule has 0 atom stereocenters. The molecule has 0 radical (unpaired) electrons. The third-order valence-corrected chi connectivity index (χ3v) is 4.57. The van der Waals surface area contributed by atoms with Crippen molar-refractivity contribution in [2.75, 3.05) is 14.2 Å². The summed E-state index contributed by atoms with van der Waals surface area (Å²) in [6, 6.07) is 8.36. The van der Waals surface area contributed by atoms with Crippen LogP contribution in [-0.2, 0) is 24.4 Å². The molecule has 0 aliphatic heterocycles. The summed E-state index contributed by atoms with van der Waals surface area (Å²) in [4.78, 5) is 10.0. The Kier molecular flexibility index (Phi) is 9.24. The van der Waals surface area contributed by atoms with Crippen molar-refractivity contribution in [3.8, 4) is 0 Å². The highest BCUT2D eigenvalue weighted by Gasteiger charge is 2.05. The van der Waals surface area contributed by atoms with E-state index in [1.54, 1.807) is 25.5 Å². The second-order valence-corrected chi connectivity index (χ2v) is 6.57. The number of ether oxygens (including phenoxy) is 1. The minimum Gasteiger partial charge on any atom is -0.380 e. The first-order valence-corrected chi connectivity index (χ1v) is 8.38. The first-order chi connectivity index (χ1) is 11.1. The van der Waals surface area contributed by atoms with Gasteiger partial charge >= 0.3 is 0 Å². The van der Waals surface area contributed by atoms with Gasteiger partial charge in [-0.1, -0.05) is 24.3 Å². The maximum Gasteiger partial charge on any atom is 0.191 e. The van der Waals surface area contributed by atoms with Crippen LogP contribution in [-0.4, -0.2) is 25.1 Å². The largest absolute Gasteiger partial charge is 0.380 e. The van der Waals surface area contributed by atoms with Gasteiger partial charge in [-0.15, -0.1) is 35.3 Å². The molecule has 132 valence electrons. The zero-order valence-corrected chi connectivity index (χ0v) is 17.7. The van der Waals surface area contributed by atoms with Crippen LogP contribution >= 0.6 is 35.3 Å². The molecule has 24 heavy (non-hydrogen) atoms. The van der Waals surface area contributed by atoms with Gasteiger partial charge in [0.1, 0.15) is 5.01 Å². The van der Waals surface area contributed by atoms with E-state index >= 15 is 0 Å². The number of guanidine groups is 1. The van der Waals surface area contributed by atoms with Crippen molar-refractivity contribution in [3.05, 3.63) is 51.0 Å². The molecular formula is C17H25IN4OS. The number of halogens is 1. The van der Waals surface area contributed by atoms with Crippen molar-refractivity contribution in [1.82, 2.24) is 15.6 Å². The predicted molar refractivity (Wildman–Crippen MR) is 111 cm³/mol. The number of hydrogen-bond donors (Lipinski definition) is 2. The molecule has 2 aromatic rings. The Hall–Kier alpha value is -1.19. The Bertz CT molecular complexity index is 636. The van der Waals surface area contributed by atoms with Crippen LogP contribution in [0.5, 0.6) is 0 Å². The number of aromatic nitrogens is 1. The average Bonchev–Trinajstić information content (AvgIpc) is 2.87. The van der Waals surface area contributed by atoms with Crippen LogP contribution < -0.4 is 10.6 Å². The molecule has 5 nitrogen and oxygen atoms in total. The molecule has 0 unspecified atom stereocenters. The van der Waals surface area contributed by atoms with E-state index in [0.29, 0.717) is 13.2 Å². The minimum atomic E-state index is 0. The molecule has 1 aromatic heterocycles. The van der Waals surface area contributed by atoms with E-state index in [1.165, 1.54) is 16.0 Å². The van der Waals surface area contributed by atoms with E-state index in [9.17, 15) is 0 Å². The van der Waals surface area contributed by atoms with Crippen LogP contribution in [0.15, 0.2) is 29.3 Å². The molecule has 0 spiro atoms. The highest BCUT2D eigenvalue weighted by Crippen LogP contribution is 2.15. The summed E-state index contributed by atoms with van der Waals surface area (Å²) in [5.74, 6) is 0.775. The summed E-state index contributed by atoms with van der Waals surface area (Å²) < 4.78 is 5.12. The Labute approximate surface area is 165 Å². The van der Waals surface area contributed by atoms with Gasteiger partial charge in [-0.25, -0.2) is 4.98 Å². The van der Waals surface area contributed by atoms with Crippen LogP contribution in [0, 0.1) is 13.8 Å². The summed E-state index contributed by atoms with van der Waals surface area (Å²) in [6.07, 6.45) is 0.